The summed E-state index contributed by atoms with van der Waals surface area (Å²) in [7, 11) is 0. The second-order valence-corrected chi connectivity index (χ2v) is 7.58. The zero-order valence-electron chi connectivity index (χ0n) is 10.9. The van der Waals surface area contributed by atoms with Crippen molar-refractivity contribution in [2.24, 2.45) is 0 Å². The number of thiol groups is 1. The van der Waals surface area contributed by atoms with Crippen LogP contribution in [0.1, 0.15) is 43.2 Å². The molecule has 0 aromatic carbocycles. The first kappa shape index (κ1) is 13.1. The largest absolute Gasteiger partial charge is 0.261 e. The monoisotopic (exact) mass is 294 g/mol. The van der Waals surface area contributed by atoms with E-state index in [4.69, 9.17) is 4.98 Å². The fraction of sp³-hybridized carbons (Fsp3) is 0.429. The number of rotatable bonds is 3. The topological polar surface area (TPSA) is 25.8 Å². The van der Waals surface area contributed by atoms with E-state index >= 15 is 0 Å². The normalized spacial score (nSPS) is 15.8. The van der Waals surface area contributed by atoms with Crippen LogP contribution < -0.4 is 0 Å². The van der Waals surface area contributed by atoms with Crippen LogP contribution in [-0.4, -0.2) is 9.97 Å². The van der Waals surface area contributed by atoms with Crippen LogP contribution >= 0.6 is 24.0 Å². The Morgan fingerprint density at radius 2 is 2.11 bits per heavy atom. The van der Waals surface area contributed by atoms with Crippen LogP contribution in [0.3, 0.4) is 0 Å². The molecule has 100 valence electrons. The Bertz CT molecular complexity index is 612. The molecule has 2 nitrogen and oxygen atoms in total. The Labute approximate surface area is 121 Å². The van der Waals surface area contributed by atoms with Gasteiger partial charge in [-0.25, -0.2) is 9.37 Å². The van der Waals surface area contributed by atoms with E-state index < -0.39 is 0 Å². The van der Waals surface area contributed by atoms with E-state index in [1.807, 2.05) is 0 Å². The van der Waals surface area contributed by atoms with Crippen LogP contribution in [0.4, 0.5) is 4.39 Å². The Morgan fingerprint density at radius 3 is 2.68 bits per heavy atom. The molecule has 0 unspecified atom stereocenters. The summed E-state index contributed by atoms with van der Waals surface area (Å²) in [6.07, 6.45) is 5.26. The van der Waals surface area contributed by atoms with E-state index in [1.165, 1.54) is 30.0 Å². The summed E-state index contributed by atoms with van der Waals surface area (Å²) >= 11 is 6.27. The van der Waals surface area contributed by atoms with Gasteiger partial charge in [-0.05, 0) is 32.8 Å². The van der Waals surface area contributed by atoms with Crippen LogP contribution in [0.15, 0.2) is 18.5 Å². The fourth-order valence-corrected chi connectivity index (χ4v) is 3.44. The van der Waals surface area contributed by atoms with Crippen molar-refractivity contribution in [2.75, 3.05) is 0 Å². The lowest BCUT2D eigenvalue weighted by molar-refractivity contribution is 0.622. The molecular weight excluding hydrogens is 279 g/mol. The molecule has 1 saturated carbocycles. The van der Waals surface area contributed by atoms with Crippen molar-refractivity contribution in [1.29, 1.82) is 0 Å². The van der Waals surface area contributed by atoms with Gasteiger partial charge >= 0.3 is 0 Å². The molecule has 1 aliphatic rings. The molecule has 0 atom stereocenters. The first-order chi connectivity index (χ1) is 8.95. The quantitative estimate of drug-likeness (QED) is 0.850. The second-order valence-electron chi connectivity index (χ2n) is 5.46. The van der Waals surface area contributed by atoms with Crippen molar-refractivity contribution in [1.82, 2.24) is 9.97 Å². The average molecular weight is 294 g/mol. The molecule has 0 aliphatic heterocycles. The minimum absolute atomic E-state index is 0.214. The van der Waals surface area contributed by atoms with Gasteiger partial charge in [0.15, 0.2) is 0 Å². The summed E-state index contributed by atoms with van der Waals surface area (Å²) in [5.74, 6) is 0.236. The molecule has 0 saturated heterocycles. The van der Waals surface area contributed by atoms with E-state index in [-0.39, 0.29) is 10.6 Å². The highest BCUT2D eigenvalue weighted by Crippen LogP contribution is 2.48. The number of thiazole rings is 1. The smallest absolute Gasteiger partial charge is 0.142 e. The van der Waals surface area contributed by atoms with Gasteiger partial charge in [0, 0.05) is 27.3 Å². The number of halogens is 1. The van der Waals surface area contributed by atoms with E-state index in [0.29, 0.717) is 5.92 Å². The number of aromatic nitrogens is 2. The minimum Gasteiger partial charge on any atom is -0.261 e. The molecule has 0 radical (unpaired) electrons. The summed E-state index contributed by atoms with van der Waals surface area (Å²) in [5.41, 5.74) is 1.89. The number of hydrogen-bond donors (Lipinski definition) is 1. The van der Waals surface area contributed by atoms with Crippen molar-refractivity contribution in [3.05, 3.63) is 34.8 Å². The van der Waals surface area contributed by atoms with Gasteiger partial charge in [-0.3, -0.25) is 4.98 Å². The summed E-state index contributed by atoms with van der Waals surface area (Å²) in [6, 6.07) is 1.48. The van der Waals surface area contributed by atoms with Gasteiger partial charge in [0.2, 0.25) is 0 Å². The van der Waals surface area contributed by atoms with Crippen molar-refractivity contribution in [3.8, 4) is 10.6 Å². The third-order valence-electron chi connectivity index (χ3n) is 3.12. The number of pyridine rings is 1. The molecule has 0 spiro atoms. The van der Waals surface area contributed by atoms with Gasteiger partial charge in [-0.15, -0.1) is 11.3 Å². The molecule has 5 heteroatoms. The number of hydrogen-bond acceptors (Lipinski definition) is 4. The first-order valence-corrected chi connectivity index (χ1v) is 7.56. The predicted octanol–water partition coefficient (Wildman–Crippen LogP) is 4.39. The predicted molar refractivity (Wildman–Crippen MR) is 79.3 cm³/mol. The molecule has 19 heavy (non-hydrogen) atoms. The zero-order valence-corrected chi connectivity index (χ0v) is 12.6. The molecule has 1 fully saturated rings. The molecule has 3 rings (SSSR count). The van der Waals surface area contributed by atoms with Crippen LogP contribution in [0, 0.1) is 5.82 Å². The van der Waals surface area contributed by atoms with Gasteiger partial charge in [-0.2, -0.15) is 12.6 Å². The first-order valence-electron chi connectivity index (χ1n) is 6.29. The van der Waals surface area contributed by atoms with Gasteiger partial charge in [0.1, 0.15) is 10.8 Å². The van der Waals surface area contributed by atoms with Gasteiger partial charge in [-0.1, -0.05) is 0 Å². The van der Waals surface area contributed by atoms with Crippen molar-refractivity contribution in [3.63, 3.8) is 0 Å². The van der Waals surface area contributed by atoms with Crippen molar-refractivity contribution in [2.45, 2.75) is 37.4 Å². The third kappa shape index (κ3) is 2.67. The molecule has 2 heterocycles. The fourth-order valence-electron chi connectivity index (χ4n) is 2.06. The maximum absolute atomic E-state index is 13.3. The van der Waals surface area contributed by atoms with Crippen LogP contribution in [0.25, 0.3) is 10.6 Å². The summed E-state index contributed by atoms with van der Waals surface area (Å²) in [5, 5.41) is 0.839. The van der Waals surface area contributed by atoms with Crippen LogP contribution in [0.2, 0.25) is 0 Å². The Hall–Kier alpha value is -0.940. The second kappa shape index (κ2) is 4.56. The minimum atomic E-state index is -0.327. The molecule has 0 amide bonds. The average Bonchev–Trinajstić information content (AvgIpc) is 3.06. The summed E-state index contributed by atoms with van der Waals surface area (Å²) in [6.45, 7) is 4.15. The zero-order chi connectivity index (χ0) is 13.6. The molecular formula is C14H15FN2S2. The Kier molecular flexibility index (Phi) is 3.14. The van der Waals surface area contributed by atoms with Gasteiger partial charge in [0.05, 0.1) is 11.9 Å². The standard InChI is InChI=1S/C14H15FN2S2/c1-14(2,18)12-11(8-3-4-8)17-13(19-12)9-5-10(15)7-16-6-9/h5-8,18H,3-4H2,1-2H3. The summed E-state index contributed by atoms with van der Waals surface area (Å²) in [4.78, 5) is 9.80. The van der Waals surface area contributed by atoms with Crippen molar-refractivity contribution < 1.29 is 4.39 Å². The highest BCUT2D eigenvalue weighted by atomic mass is 32.1. The highest BCUT2D eigenvalue weighted by Gasteiger charge is 2.34. The molecule has 0 bridgehead atoms. The van der Waals surface area contributed by atoms with E-state index in [9.17, 15) is 4.39 Å². The van der Waals surface area contributed by atoms with Gasteiger partial charge in [0.25, 0.3) is 0 Å². The Balaban J connectivity index is 2.08. The third-order valence-corrected chi connectivity index (χ3v) is 4.94. The lowest BCUT2D eigenvalue weighted by Gasteiger charge is -2.16. The summed E-state index contributed by atoms with van der Waals surface area (Å²) < 4.78 is 13.1. The maximum Gasteiger partial charge on any atom is 0.142 e. The van der Waals surface area contributed by atoms with E-state index in [0.717, 1.165) is 16.3 Å². The van der Waals surface area contributed by atoms with Crippen molar-refractivity contribution >= 4 is 24.0 Å². The Morgan fingerprint density at radius 1 is 1.37 bits per heavy atom. The number of nitrogens with zero attached hydrogens (tertiary/aromatic N) is 2. The lowest BCUT2D eigenvalue weighted by atomic mass is 10.1. The molecule has 1 aliphatic carbocycles. The maximum atomic E-state index is 13.3. The molecule has 2 aromatic rings. The van der Waals surface area contributed by atoms with Crippen LogP contribution in [0.5, 0.6) is 0 Å². The van der Waals surface area contributed by atoms with E-state index in [1.54, 1.807) is 17.5 Å². The van der Waals surface area contributed by atoms with E-state index in [2.05, 4.69) is 31.5 Å². The molecule has 2 aromatic heterocycles. The molecule has 0 N–H and O–H groups in total. The SMILES string of the molecule is CC(C)(S)c1sc(-c2cncc(F)c2)nc1C1CC1. The lowest BCUT2D eigenvalue weighted by Crippen LogP contribution is -2.07. The van der Waals surface area contributed by atoms with Crippen LogP contribution in [-0.2, 0) is 4.75 Å². The highest BCUT2D eigenvalue weighted by molar-refractivity contribution is 7.81. The van der Waals surface area contributed by atoms with Gasteiger partial charge < -0.3 is 0 Å².